The molecule has 0 aliphatic carbocycles. The topological polar surface area (TPSA) is 45.4 Å². The zero-order chi connectivity index (χ0) is 8.15. The van der Waals surface area contributed by atoms with Crippen molar-refractivity contribution in [2.24, 2.45) is 4.99 Å². The van der Waals surface area contributed by atoms with Crippen LogP contribution in [0.25, 0.3) is 0 Å². The zero-order valence-corrected chi connectivity index (χ0v) is 7.90. The minimum atomic E-state index is -0.0161. The summed E-state index contributed by atoms with van der Waals surface area (Å²) < 4.78 is 4.76. The van der Waals surface area contributed by atoms with Crippen LogP contribution < -0.4 is 0 Å². The number of halogens is 1. The predicted molar refractivity (Wildman–Crippen MR) is 46.2 cm³/mol. The molecule has 0 aliphatic heterocycles. The maximum atomic E-state index is 7.26. The summed E-state index contributed by atoms with van der Waals surface area (Å²) in [6.45, 7) is 3.55. The fourth-order valence-corrected chi connectivity index (χ4v) is 0.407. The van der Waals surface area contributed by atoms with Crippen LogP contribution >= 0.6 is 15.9 Å². The Morgan fingerprint density at radius 2 is 2.20 bits per heavy atom. The van der Waals surface area contributed by atoms with Gasteiger partial charge in [0, 0.05) is 6.92 Å². The molecule has 0 spiro atoms. The maximum Gasteiger partial charge on any atom is 0.186 e. The Hall–Kier alpha value is -0.380. The molecule has 0 amide bonds. The van der Waals surface area contributed by atoms with Gasteiger partial charge in [-0.3, -0.25) is 5.41 Å². The number of hydrogen-bond acceptors (Lipinski definition) is 2. The van der Waals surface area contributed by atoms with Crippen molar-refractivity contribution in [2.45, 2.75) is 18.7 Å². The van der Waals surface area contributed by atoms with Gasteiger partial charge in [0.05, 0.1) is 11.9 Å². The number of hydrogen-bond donors (Lipinski definition) is 1. The molecule has 1 atom stereocenters. The molecule has 58 valence electrons. The van der Waals surface area contributed by atoms with Crippen molar-refractivity contribution in [3.63, 3.8) is 0 Å². The second kappa shape index (κ2) is 4.44. The van der Waals surface area contributed by atoms with Crippen LogP contribution in [0, 0.1) is 5.41 Å². The van der Waals surface area contributed by atoms with Crippen molar-refractivity contribution < 1.29 is 4.74 Å². The second-order valence-electron chi connectivity index (χ2n) is 1.84. The van der Waals surface area contributed by atoms with Crippen LogP contribution in [0.3, 0.4) is 0 Å². The first-order valence-corrected chi connectivity index (χ1v) is 3.81. The molecule has 0 saturated carbocycles. The van der Waals surface area contributed by atoms with Gasteiger partial charge >= 0.3 is 0 Å². The first-order valence-electron chi connectivity index (χ1n) is 2.89. The fraction of sp³-hybridized carbons (Fsp3) is 0.667. The molecule has 0 saturated heterocycles. The van der Waals surface area contributed by atoms with Crippen LogP contribution in [0.5, 0.6) is 0 Å². The molecule has 0 rings (SSSR count). The molecule has 4 heteroatoms. The molecule has 0 radical (unpaired) electrons. The van der Waals surface area contributed by atoms with Gasteiger partial charge in [-0.2, -0.15) is 0 Å². The van der Waals surface area contributed by atoms with Gasteiger partial charge in [0.15, 0.2) is 5.90 Å². The molecular weight excluding hydrogens is 196 g/mol. The van der Waals surface area contributed by atoms with Gasteiger partial charge in [-0.15, -0.1) is 0 Å². The first kappa shape index (κ1) is 9.62. The Balaban J connectivity index is 4.00. The van der Waals surface area contributed by atoms with E-state index in [0.29, 0.717) is 5.90 Å². The standard InChI is InChI=1S/C6H11BrN2O/c1-4(7)6(8)9-5(2)10-3/h4,8H,1-3H3. The van der Waals surface area contributed by atoms with E-state index < -0.39 is 0 Å². The van der Waals surface area contributed by atoms with E-state index >= 15 is 0 Å². The summed E-state index contributed by atoms with van der Waals surface area (Å²) in [6, 6.07) is 0. The molecule has 0 heterocycles. The Kier molecular flexibility index (Phi) is 4.27. The number of nitrogens with one attached hydrogen (secondary N) is 1. The molecular formula is C6H11BrN2O. The normalized spacial score (nSPS) is 14.6. The van der Waals surface area contributed by atoms with Gasteiger partial charge in [-0.25, -0.2) is 4.99 Å². The molecule has 0 aromatic carbocycles. The number of rotatable bonds is 1. The number of ether oxygens (including phenoxy) is 1. The van der Waals surface area contributed by atoms with Crippen molar-refractivity contribution in [1.82, 2.24) is 0 Å². The van der Waals surface area contributed by atoms with Gasteiger partial charge in [0.1, 0.15) is 5.84 Å². The van der Waals surface area contributed by atoms with E-state index in [1.165, 1.54) is 7.11 Å². The number of amidine groups is 1. The number of nitrogens with zero attached hydrogens (tertiary/aromatic N) is 1. The van der Waals surface area contributed by atoms with Crippen LogP contribution in [0.15, 0.2) is 4.99 Å². The van der Waals surface area contributed by atoms with Crippen LogP contribution in [-0.2, 0) is 4.74 Å². The highest BCUT2D eigenvalue weighted by atomic mass is 79.9. The smallest absolute Gasteiger partial charge is 0.186 e. The Morgan fingerprint density at radius 1 is 1.70 bits per heavy atom. The minimum Gasteiger partial charge on any atom is -0.484 e. The summed E-state index contributed by atoms with van der Waals surface area (Å²) in [5.74, 6) is 0.788. The molecule has 0 aromatic rings. The Morgan fingerprint density at radius 3 is 2.50 bits per heavy atom. The largest absolute Gasteiger partial charge is 0.484 e. The highest BCUT2D eigenvalue weighted by Gasteiger charge is 2.01. The lowest BCUT2D eigenvalue weighted by atomic mass is 10.4. The first-order chi connectivity index (χ1) is 4.57. The van der Waals surface area contributed by atoms with Gasteiger partial charge in [-0.1, -0.05) is 15.9 Å². The maximum absolute atomic E-state index is 7.26. The molecule has 1 N–H and O–H groups in total. The molecule has 3 nitrogen and oxygen atoms in total. The van der Waals surface area contributed by atoms with E-state index in [9.17, 15) is 0 Å². The minimum absolute atomic E-state index is 0.0161. The van der Waals surface area contributed by atoms with E-state index in [1.54, 1.807) is 6.92 Å². The summed E-state index contributed by atoms with van der Waals surface area (Å²) in [7, 11) is 1.53. The van der Waals surface area contributed by atoms with Crippen molar-refractivity contribution in [3.8, 4) is 0 Å². The molecule has 10 heavy (non-hydrogen) atoms. The lowest BCUT2D eigenvalue weighted by molar-refractivity contribution is 0.400. The number of methoxy groups -OCH3 is 1. The zero-order valence-electron chi connectivity index (χ0n) is 6.31. The lowest BCUT2D eigenvalue weighted by Crippen LogP contribution is -2.08. The third kappa shape index (κ3) is 3.61. The molecule has 0 bridgehead atoms. The van der Waals surface area contributed by atoms with E-state index in [0.717, 1.165) is 0 Å². The van der Waals surface area contributed by atoms with Crippen LogP contribution in [0.2, 0.25) is 0 Å². The van der Waals surface area contributed by atoms with Crippen molar-refractivity contribution in [2.75, 3.05) is 7.11 Å². The molecule has 0 aliphatic rings. The summed E-state index contributed by atoms with van der Waals surface area (Å²) in [5.41, 5.74) is 0. The molecule has 1 unspecified atom stereocenters. The van der Waals surface area contributed by atoms with E-state index in [-0.39, 0.29) is 10.7 Å². The second-order valence-corrected chi connectivity index (χ2v) is 3.21. The number of alkyl halides is 1. The highest BCUT2D eigenvalue weighted by Crippen LogP contribution is 2.00. The lowest BCUT2D eigenvalue weighted by Gasteiger charge is -2.00. The number of aliphatic imine (C=N–C) groups is 1. The highest BCUT2D eigenvalue weighted by molar-refractivity contribution is 9.10. The SMILES string of the molecule is COC(C)=NC(=N)C(C)Br. The summed E-state index contributed by atoms with van der Waals surface area (Å²) in [6.07, 6.45) is 0. The van der Waals surface area contributed by atoms with Crippen molar-refractivity contribution >= 4 is 27.7 Å². The predicted octanol–water partition coefficient (Wildman–Crippen LogP) is 1.81. The fourth-order valence-electron chi connectivity index (χ4n) is 0.304. The Bertz CT molecular complexity index is 154. The average Bonchev–Trinajstić information content (AvgIpc) is 1.87. The van der Waals surface area contributed by atoms with Gasteiger partial charge < -0.3 is 4.74 Å². The van der Waals surface area contributed by atoms with Gasteiger partial charge in [-0.05, 0) is 6.92 Å². The summed E-state index contributed by atoms with van der Waals surface area (Å²) in [4.78, 5) is 3.81. The molecule has 0 aromatic heterocycles. The monoisotopic (exact) mass is 206 g/mol. The average molecular weight is 207 g/mol. The molecule has 0 fully saturated rings. The van der Waals surface area contributed by atoms with E-state index in [4.69, 9.17) is 10.1 Å². The van der Waals surface area contributed by atoms with Crippen LogP contribution in [-0.4, -0.2) is 23.7 Å². The Labute approximate surface area is 69.1 Å². The van der Waals surface area contributed by atoms with Gasteiger partial charge in [0.2, 0.25) is 0 Å². The van der Waals surface area contributed by atoms with E-state index in [1.807, 2.05) is 6.92 Å². The van der Waals surface area contributed by atoms with Crippen molar-refractivity contribution in [1.29, 1.82) is 5.41 Å². The van der Waals surface area contributed by atoms with Crippen LogP contribution in [0.4, 0.5) is 0 Å². The third-order valence-corrected chi connectivity index (χ3v) is 1.38. The van der Waals surface area contributed by atoms with Crippen LogP contribution in [0.1, 0.15) is 13.8 Å². The summed E-state index contributed by atoms with van der Waals surface area (Å²) in [5, 5.41) is 7.26. The third-order valence-electron chi connectivity index (χ3n) is 0.950. The van der Waals surface area contributed by atoms with Gasteiger partial charge in [0.25, 0.3) is 0 Å². The van der Waals surface area contributed by atoms with Crippen molar-refractivity contribution in [3.05, 3.63) is 0 Å². The quantitative estimate of drug-likeness (QED) is 0.397. The van der Waals surface area contributed by atoms with E-state index in [2.05, 4.69) is 20.9 Å². The summed E-state index contributed by atoms with van der Waals surface area (Å²) >= 11 is 3.21.